The van der Waals surface area contributed by atoms with Gasteiger partial charge >= 0.3 is 7.60 Å². The molecule has 0 aliphatic heterocycles. The molecule has 0 amide bonds. The van der Waals surface area contributed by atoms with Gasteiger partial charge in [-0.2, -0.15) is 0 Å². The van der Waals surface area contributed by atoms with E-state index in [2.05, 4.69) is 19.1 Å². The van der Waals surface area contributed by atoms with Gasteiger partial charge < -0.3 is 23.4 Å². The Morgan fingerprint density at radius 1 is 0.737 bits per heavy atom. The Hall–Kier alpha value is -0.230. The topological polar surface area (TPSA) is 65.0 Å². The summed E-state index contributed by atoms with van der Waals surface area (Å²) in [5, 5.41) is 0. The van der Waals surface area contributed by atoms with Gasteiger partial charge in [-0.3, -0.25) is 4.57 Å². The van der Waals surface area contributed by atoms with Gasteiger partial charge in [-0.15, -0.1) is 0 Å². The number of unbranched alkanes of at least 4 members (excludes halogenated alkanes) is 14. The molecule has 7 heteroatoms. The summed E-state index contributed by atoms with van der Waals surface area (Å²) < 4.78 is 29.9. The molecule has 0 fully saturated rings. The van der Waals surface area contributed by atoms with E-state index in [0.717, 1.165) is 25.7 Å². The zero-order valence-corrected chi connectivity index (χ0v) is 27.0. The highest BCUT2D eigenvalue weighted by Gasteiger charge is 2.42. The number of quaternary nitrogens is 1. The van der Waals surface area contributed by atoms with Crippen molar-refractivity contribution in [2.24, 2.45) is 0 Å². The fourth-order valence-corrected chi connectivity index (χ4v) is 6.74. The van der Waals surface area contributed by atoms with Gasteiger partial charge in [0.1, 0.15) is 6.10 Å². The molecular formula is C31H65NO5P+. The minimum Gasteiger partial charge on any atom is -0.379 e. The van der Waals surface area contributed by atoms with Gasteiger partial charge in [0.05, 0.1) is 34.4 Å². The number of nitrogens with zero attached hydrogens (tertiary/aromatic N) is 1. The number of rotatable bonds is 28. The molecule has 0 bridgehead atoms. The lowest BCUT2D eigenvalue weighted by molar-refractivity contribution is -0.883. The summed E-state index contributed by atoms with van der Waals surface area (Å²) in [5.41, 5.74) is 0. The van der Waals surface area contributed by atoms with Crippen LogP contribution in [0, 0.1) is 0 Å². The normalized spacial score (nSPS) is 15.7. The van der Waals surface area contributed by atoms with Gasteiger partial charge in [0.2, 0.25) is 0 Å². The smallest absolute Gasteiger partial charge is 0.379 e. The first-order valence-electron chi connectivity index (χ1n) is 15.7. The molecule has 0 heterocycles. The van der Waals surface area contributed by atoms with E-state index in [4.69, 9.17) is 14.0 Å². The lowest BCUT2D eigenvalue weighted by atomic mass is 10.1. The third-order valence-corrected chi connectivity index (χ3v) is 9.42. The molecule has 6 nitrogen and oxygen atoms in total. The van der Waals surface area contributed by atoms with Gasteiger partial charge in [0.15, 0.2) is 5.78 Å². The molecule has 0 aromatic carbocycles. The van der Waals surface area contributed by atoms with Crippen molar-refractivity contribution < 1.29 is 27.9 Å². The highest BCUT2D eigenvalue weighted by atomic mass is 31.2. The van der Waals surface area contributed by atoms with Crippen molar-refractivity contribution >= 4 is 7.60 Å². The second-order valence-corrected chi connectivity index (χ2v) is 13.8. The van der Waals surface area contributed by atoms with Crippen molar-refractivity contribution in [3.8, 4) is 0 Å². The third kappa shape index (κ3) is 21.6. The number of hydrogen-bond donors (Lipinski definition) is 1. The summed E-state index contributed by atoms with van der Waals surface area (Å²) in [7, 11) is 3.62. The molecule has 0 aromatic heterocycles. The highest BCUT2D eigenvalue weighted by Crippen LogP contribution is 2.51. The molecule has 228 valence electrons. The van der Waals surface area contributed by atoms with E-state index in [-0.39, 0.29) is 12.7 Å². The molecule has 1 N–H and O–H groups in total. The van der Waals surface area contributed by atoms with Gasteiger partial charge in [-0.1, -0.05) is 96.6 Å². The minimum absolute atomic E-state index is 0.0639. The largest absolute Gasteiger partial charge is 0.385 e. The van der Waals surface area contributed by atoms with Crippen LogP contribution in [0.25, 0.3) is 0 Å². The maximum absolute atomic E-state index is 12.8. The van der Waals surface area contributed by atoms with E-state index in [1.165, 1.54) is 83.5 Å². The molecule has 0 saturated carbocycles. The first-order chi connectivity index (χ1) is 18.2. The summed E-state index contributed by atoms with van der Waals surface area (Å²) >= 11 is 0. The van der Waals surface area contributed by atoms with E-state index < -0.39 is 13.4 Å². The average molecular weight is 563 g/mol. The van der Waals surface area contributed by atoms with Crippen LogP contribution >= 0.6 is 7.60 Å². The predicted molar refractivity (Wildman–Crippen MR) is 163 cm³/mol. The van der Waals surface area contributed by atoms with Crippen molar-refractivity contribution in [3.63, 3.8) is 0 Å². The van der Waals surface area contributed by atoms with Crippen LogP contribution in [-0.4, -0.2) is 69.3 Å². The van der Waals surface area contributed by atoms with E-state index >= 15 is 0 Å². The van der Waals surface area contributed by atoms with E-state index in [1.54, 1.807) is 7.11 Å². The summed E-state index contributed by atoms with van der Waals surface area (Å²) in [5.74, 6) is -0.445. The minimum atomic E-state index is -3.76. The lowest BCUT2D eigenvalue weighted by Gasteiger charge is -2.36. The van der Waals surface area contributed by atoms with Gasteiger partial charge in [-0.25, -0.2) is 0 Å². The Bertz CT molecular complexity index is 593. The Kier molecular flexibility index (Phi) is 24.4. The first-order valence-corrected chi connectivity index (χ1v) is 17.4. The maximum Gasteiger partial charge on any atom is 0.385 e. The van der Waals surface area contributed by atoms with Crippen LogP contribution in [0.15, 0.2) is 12.2 Å². The van der Waals surface area contributed by atoms with E-state index in [9.17, 15) is 9.46 Å². The summed E-state index contributed by atoms with van der Waals surface area (Å²) in [6.07, 6.45) is 26.9. The Morgan fingerprint density at radius 3 is 1.71 bits per heavy atom. The van der Waals surface area contributed by atoms with Crippen molar-refractivity contribution in [1.29, 1.82) is 0 Å². The molecule has 2 unspecified atom stereocenters. The molecule has 0 aliphatic rings. The zero-order valence-electron chi connectivity index (χ0n) is 26.1. The molecule has 3 atom stereocenters. The molecule has 38 heavy (non-hydrogen) atoms. The molecule has 0 spiro atoms. The van der Waals surface area contributed by atoms with Crippen LogP contribution in [0.1, 0.15) is 129 Å². The van der Waals surface area contributed by atoms with Crippen LogP contribution in [-0.2, 0) is 18.6 Å². The van der Waals surface area contributed by atoms with Crippen molar-refractivity contribution in [1.82, 2.24) is 0 Å². The fourth-order valence-electron chi connectivity index (χ4n) is 4.73. The predicted octanol–water partition coefficient (Wildman–Crippen LogP) is 8.87. The average Bonchev–Trinajstić information content (AvgIpc) is 2.87. The third-order valence-electron chi connectivity index (χ3n) is 7.20. The van der Waals surface area contributed by atoms with E-state index in [0.29, 0.717) is 24.1 Å². The number of allylic oxidation sites excluding steroid dienone is 2. The van der Waals surface area contributed by atoms with Gasteiger partial charge in [-0.05, 0) is 38.5 Å². The molecule has 0 rings (SSSR count). The van der Waals surface area contributed by atoms with Crippen LogP contribution in [0.2, 0.25) is 0 Å². The van der Waals surface area contributed by atoms with Crippen molar-refractivity contribution in [3.05, 3.63) is 12.2 Å². The first kappa shape index (κ1) is 37.8. The molecule has 0 radical (unpaired) electrons. The highest BCUT2D eigenvalue weighted by molar-refractivity contribution is 7.53. The van der Waals surface area contributed by atoms with Crippen molar-refractivity contribution in [2.45, 2.75) is 141 Å². The second-order valence-electron chi connectivity index (χ2n) is 11.8. The second kappa shape index (κ2) is 24.6. The van der Waals surface area contributed by atoms with Crippen LogP contribution in [0.4, 0.5) is 0 Å². The standard InChI is InChI=1S/C31H64NO5P/c1-7-9-10-11-12-13-14-15-16-17-18-19-20-21-22-23-24-25-27-36-28-30(35-6)29-37-38(33,34)31(26-8-2)32(3,4)5/h20-21,30-31H,7-19,22-29H2,1-6H3/p+1/b21-20-/t30-,31?/m1/s1. The van der Waals surface area contributed by atoms with Gasteiger partial charge in [0, 0.05) is 20.1 Å². The monoisotopic (exact) mass is 562 g/mol. The van der Waals surface area contributed by atoms with Gasteiger partial charge in [0.25, 0.3) is 0 Å². The van der Waals surface area contributed by atoms with Crippen LogP contribution in [0.3, 0.4) is 0 Å². The van der Waals surface area contributed by atoms with E-state index in [1.807, 2.05) is 28.1 Å². The van der Waals surface area contributed by atoms with Crippen molar-refractivity contribution in [2.75, 3.05) is 48.1 Å². The number of hydrogen-bond acceptors (Lipinski definition) is 4. The lowest BCUT2D eigenvalue weighted by Crippen LogP contribution is -2.45. The number of ether oxygens (including phenoxy) is 2. The molecular weight excluding hydrogens is 497 g/mol. The number of methoxy groups -OCH3 is 1. The van der Waals surface area contributed by atoms with Crippen LogP contribution in [0.5, 0.6) is 0 Å². The maximum atomic E-state index is 12.8. The summed E-state index contributed by atoms with van der Waals surface area (Å²) in [4.78, 5) is 10.5. The fraction of sp³-hybridized carbons (Fsp3) is 0.935. The summed E-state index contributed by atoms with van der Waals surface area (Å²) in [6, 6.07) is 0. The Labute approximate surface area is 237 Å². The molecule has 0 aliphatic carbocycles. The Morgan fingerprint density at radius 2 is 1.24 bits per heavy atom. The molecule has 0 aromatic rings. The Balaban J connectivity index is 3.71. The summed E-state index contributed by atoms with van der Waals surface area (Å²) in [6.45, 7) is 5.41. The SMILES string of the molecule is CCCCCCCCCCCCC/C=C\CCCCCOC[C@H](COP(=O)(O)C(CCC)[N+](C)(C)C)OC. The van der Waals surface area contributed by atoms with Crippen LogP contribution < -0.4 is 0 Å². The zero-order chi connectivity index (χ0) is 28.5. The quantitative estimate of drug-likeness (QED) is 0.0446. The molecule has 0 saturated heterocycles.